The van der Waals surface area contributed by atoms with E-state index >= 15 is 0 Å². The van der Waals surface area contributed by atoms with Gasteiger partial charge in [0.15, 0.2) is 6.30 Å². The Hall–Kier alpha value is -1.74. The number of aromatic amines is 1. The molecular formula is C15H23F2N3O8. The number of halogens is 2. The molecule has 13 heteroatoms. The first-order valence-electron chi connectivity index (χ1n) is 8.60. The zero-order chi connectivity index (χ0) is 21.3. The number of aromatic nitrogens is 2. The molecule has 1 aromatic heterocycles. The van der Waals surface area contributed by atoms with Crippen LogP contribution in [0.1, 0.15) is 32.6 Å². The third-order valence-corrected chi connectivity index (χ3v) is 4.63. The Morgan fingerprint density at radius 2 is 2.04 bits per heavy atom. The number of aliphatic hydroxyl groups is 4. The smallest absolute Gasteiger partial charge is 0.332 e. The van der Waals surface area contributed by atoms with Gasteiger partial charge in [-0.25, -0.2) is 13.8 Å². The number of H-pyrrole nitrogens is 1. The monoisotopic (exact) mass is 411 g/mol. The highest BCUT2D eigenvalue weighted by Crippen LogP contribution is 2.44. The largest absolute Gasteiger partial charge is 0.394 e. The summed E-state index contributed by atoms with van der Waals surface area (Å²) in [6.07, 6.45) is -5.06. The van der Waals surface area contributed by atoms with Gasteiger partial charge >= 0.3 is 11.6 Å². The molecule has 0 aromatic carbocycles. The van der Waals surface area contributed by atoms with Crippen LogP contribution in [-0.4, -0.2) is 71.1 Å². The van der Waals surface area contributed by atoms with Gasteiger partial charge in [-0.3, -0.25) is 9.78 Å². The quantitative estimate of drug-likeness (QED) is 0.126. The number of nitrogens with one attached hydrogen (secondary N) is 1. The van der Waals surface area contributed by atoms with E-state index in [1.807, 2.05) is 6.92 Å². The molecule has 0 aliphatic carbocycles. The molecule has 28 heavy (non-hydrogen) atoms. The first-order chi connectivity index (χ1) is 13.0. The van der Waals surface area contributed by atoms with Gasteiger partial charge in [0.1, 0.15) is 12.2 Å². The molecule has 5 atom stereocenters. The molecule has 160 valence electrons. The van der Waals surface area contributed by atoms with E-state index in [9.17, 15) is 44.0 Å². The van der Waals surface area contributed by atoms with Gasteiger partial charge in [-0.15, -0.1) is 5.06 Å². The van der Waals surface area contributed by atoms with Crippen LogP contribution in [-0.2, 0) is 10.6 Å². The number of unbranched alkanes of at least 4 members (excludes halogenated alkanes) is 2. The Labute approximate surface area is 157 Å². The van der Waals surface area contributed by atoms with Crippen molar-refractivity contribution >= 4 is 0 Å². The molecule has 1 aliphatic heterocycles. The molecule has 2 heterocycles. The first kappa shape index (κ1) is 22.5. The SMILES string of the molecule is CCCCCC(F)N(O)[C@@]1(O)[C@H](O)[C@@H](CO)O[C@@]1(O)n1cc(F)c(=O)[nH]c1=O. The van der Waals surface area contributed by atoms with Gasteiger partial charge in [0, 0.05) is 0 Å². The van der Waals surface area contributed by atoms with Crippen LogP contribution < -0.4 is 11.2 Å². The van der Waals surface area contributed by atoms with Gasteiger partial charge in [0.25, 0.3) is 5.56 Å². The fourth-order valence-electron chi connectivity index (χ4n) is 3.04. The fourth-order valence-corrected chi connectivity index (χ4v) is 3.04. The van der Waals surface area contributed by atoms with Crippen molar-refractivity contribution < 1.29 is 39.2 Å². The van der Waals surface area contributed by atoms with Crippen LogP contribution in [0.2, 0.25) is 0 Å². The Bertz CT molecular complexity index is 804. The second kappa shape index (κ2) is 8.32. The molecule has 1 unspecified atom stereocenters. The lowest BCUT2D eigenvalue weighted by atomic mass is 10.00. The van der Waals surface area contributed by atoms with E-state index in [1.54, 1.807) is 0 Å². The highest BCUT2D eigenvalue weighted by Gasteiger charge is 2.71. The van der Waals surface area contributed by atoms with Gasteiger partial charge in [0.2, 0.25) is 11.5 Å². The van der Waals surface area contributed by atoms with Crippen LogP contribution in [0.5, 0.6) is 0 Å². The van der Waals surface area contributed by atoms with Crippen molar-refractivity contribution in [3.8, 4) is 0 Å². The second-order valence-corrected chi connectivity index (χ2v) is 6.50. The van der Waals surface area contributed by atoms with Gasteiger partial charge in [-0.05, 0) is 12.8 Å². The van der Waals surface area contributed by atoms with E-state index in [2.05, 4.69) is 0 Å². The van der Waals surface area contributed by atoms with Crippen molar-refractivity contribution in [2.75, 3.05) is 6.61 Å². The molecule has 11 nitrogen and oxygen atoms in total. The normalized spacial score (nSPS) is 31.5. The number of hydrogen-bond donors (Lipinski definition) is 6. The maximum absolute atomic E-state index is 14.5. The van der Waals surface area contributed by atoms with Gasteiger partial charge in [-0.1, -0.05) is 19.8 Å². The van der Waals surface area contributed by atoms with Crippen molar-refractivity contribution in [3.63, 3.8) is 0 Å². The van der Waals surface area contributed by atoms with Gasteiger partial charge in [-0.2, -0.15) is 4.39 Å². The predicted octanol–water partition coefficient (Wildman–Crippen LogP) is -1.71. The number of rotatable bonds is 8. The Kier molecular flexibility index (Phi) is 6.70. The molecule has 0 amide bonds. The zero-order valence-corrected chi connectivity index (χ0v) is 15.0. The lowest BCUT2D eigenvalue weighted by Gasteiger charge is -2.43. The summed E-state index contributed by atoms with van der Waals surface area (Å²) in [4.78, 5) is 24.7. The number of hydroxylamine groups is 2. The lowest BCUT2D eigenvalue weighted by Crippen LogP contribution is -2.69. The summed E-state index contributed by atoms with van der Waals surface area (Å²) < 4.78 is 33.0. The van der Waals surface area contributed by atoms with E-state index in [4.69, 9.17) is 4.74 Å². The third-order valence-electron chi connectivity index (χ3n) is 4.63. The third kappa shape index (κ3) is 3.50. The van der Waals surface area contributed by atoms with Crippen LogP contribution >= 0.6 is 0 Å². The van der Waals surface area contributed by atoms with Gasteiger partial charge in [0.05, 0.1) is 12.8 Å². The average molecular weight is 411 g/mol. The molecule has 1 fully saturated rings. The molecule has 6 N–H and O–H groups in total. The average Bonchev–Trinajstić information content (AvgIpc) is 2.86. The fraction of sp³-hybridized carbons (Fsp3) is 0.733. The summed E-state index contributed by atoms with van der Waals surface area (Å²) in [7, 11) is 0. The summed E-state index contributed by atoms with van der Waals surface area (Å²) in [5, 5.41) is 51.0. The first-order valence-corrected chi connectivity index (χ1v) is 8.60. The standard InChI is InChI=1S/C15H23F2N3O8/c1-2-3-4-5-10(17)20(27)14(25)11(22)9(7-21)28-15(14,26)19-6-8(16)12(23)18-13(19)24/h6,9-11,21-22,25-27H,2-5,7H2,1H3,(H,18,23,24)/t9-,10?,11-,14-,15-/m1/s1. The minimum Gasteiger partial charge on any atom is -0.394 e. The Morgan fingerprint density at radius 3 is 2.61 bits per heavy atom. The molecule has 0 saturated carbocycles. The molecule has 1 saturated heterocycles. The zero-order valence-electron chi connectivity index (χ0n) is 15.0. The number of ether oxygens (including phenoxy) is 1. The van der Waals surface area contributed by atoms with Crippen molar-refractivity contribution in [1.29, 1.82) is 0 Å². The van der Waals surface area contributed by atoms with E-state index in [-0.39, 0.29) is 23.6 Å². The molecule has 1 aromatic rings. The van der Waals surface area contributed by atoms with Crippen LogP contribution in [0.3, 0.4) is 0 Å². The van der Waals surface area contributed by atoms with Crippen LogP contribution in [0.25, 0.3) is 0 Å². The highest BCUT2D eigenvalue weighted by molar-refractivity contribution is 5.06. The highest BCUT2D eigenvalue weighted by atomic mass is 19.1. The van der Waals surface area contributed by atoms with Crippen molar-refractivity contribution in [3.05, 3.63) is 32.9 Å². The van der Waals surface area contributed by atoms with Gasteiger partial charge < -0.3 is 30.4 Å². The summed E-state index contributed by atoms with van der Waals surface area (Å²) in [6, 6.07) is 0. The molecule has 0 spiro atoms. The van der Waals surface area contributed by atoms with Crippen LogP contribution in [0.4, 0.5) is 8.78 Å². The minimum atomic E-state index is -3.47. The summed E-state index contributed by atoms with van der Waals surface area (Å²) in [5.74, 6) is -5.05. The van der Waals surface area contributed by atoms with E-state index < -0.39 is 58.9 Å². The summed E-state index contributed by atoms with van der Waals surface area (Å²) in [6.45, 7) is 0.820. The number of alkyl halides is 1. The predicted molar refractivity (Wildman–Crippen MR) is 87.1 cm³/mol. The number of hydrogen-bond acceptors (Lipinski definition) is 9. The molecule has 0 bridgehead atoms. The molecule has 0 radical (unpaired) electrons. The van der Waals surface area contributed by atoms with Crippen LogP contribution in [0.15, 0.2) is 15.8 Å². The molecule has 1 aliphatic rings. The maximum Gasteiger partial charge on any atom is 0.332 e. The van der Waals surface area contributed by atoms with E-state index in [0.717, 1.165) is 6.42 Å². The Morgan fingerprint density at radius 1 is 1.39 bits per heavy atom. The second-order valence-electron chi connectivity index (χ2n) is 6.50. The molecular weight excluding hydrogens is 388 g/mol. The van der Waals surface area contributed by atoms with E-state index in [0.29, 0.717) is 6.42 Å². The Balaban J connectivity index is 2.55. The number of aliphatic hydroxyl groups excluding tert-OH is 2. The summed E-state index contributed by atoms with van der Waals surface area (Å²) >= 11 is 0. The summed E-state index contributed by atoms with van der Waals surface area (Å²) in [5.41, 5.74) is -6.39. The van der Waals surface area contributed by atoms with Crippen molar-refractivity contribution in [1.82, 2.24) is 14.6 Å². The van der Waals surface area contributed by atoms with Crippen molar-refractivity contribution in [2.45, 2.75) is 62.7 Å². The number of nitrogens with zero attached hydrogens (tertiary/aromatic N) is 2. The molecule has 2 rings (SSSR count). The maximum atomic E-state index is 14.5. The topological polar surface area (TPSA) is 168 Å². The van der Waals surface area contributed by atoms with E-state index in [1.165, 1.54) is 4.98 Å². The van der Waals surface area contributed by atoms with Crippen molar-refractivity contribution in [2.24, 2.45) is 0 Å². The van der Waals surface area contributed by atoms with Crippen LogP contribution in [0, 0.1) is 5.82 Å². The lowest BCUT2D eigenvalue weighted by molar-refractivity contribution is -0.428. The minimum absolute atomic E-state index is 0.0649.